The first-order valence-corrected chi connectivity index (χ1v) is 21.1. The normalized spacial score (nSPS) is 49.8. The fraction of sp³-hybridized carbons (Fsp3) is 0.976. The van der Waals surface area contributed by atoms with Gasteiger partial charge in [-0.2, -0.15) is 0 Å². The second kappa shape index (κ2) is 14.4. The van der Waals surface area contributed by atoms with E-state index in [1.165, 1.54) is 70.6 Å². The molecule has 6 rings (SSSR count). The molecule has 11 heteroatoms. The van der Waals surface area contributed by atoms with Gasteiger partial charge in [0.05, 0.1) is 19.3 Å². The largest absolute Gasteiger partial charge is 0.393 e. The third-order valence-electron chi connectivity index (χ3n) is 18.2. The third kappa shape index (κ3) is 6.42. The zero-order valence-corrected chi connectivity index (χ0v) is 33.8. The van der Waals surface area contributed by atoms with E-state index in [4.69, 9.17) is 16.2 Å². The van der Waals surface area contributed by atoms with Crippen LogP contribution in [0.25, 0.3) is 0 Å². The van der Waals surface area contributed by atoms with E-state index in [1.807, 2.05) is 0 Å². The lowest BCUT2D eigenvalue weighted by atomic mass is 9.32. The van der Waals surface area contributed by atoms with E-state index in [0.29, 0.717) is 51.2 Å². The van der Waals surface area contributed by atoms with Crippen LogP contribution in [0.3, 0.4) is 0 Å². The quantitative estimate of drug-likeness (QED) is 0.111. The van der Waals surface area contributed by atoms with Gasteiger partial charge in [0, 0.05) is 0 Å². The van der Waals surface area contributed by atoms with Gasteiger partial charge in [0.25, 0.3) is 0 Å². The van der Waals surface area contributed by atoms with Crippen LogP contribution in [-0.4, -0.2) is 103 Å². The maximum Gasteiger partial charge on any atom is 0.186 e. The van der Waals surface area contributed by atoms with Gasteiger partial charge >= 0.3 is 0 Å². The minimum Gasteiger partial charge on any atom is -0.393 e. The number of ether oxygens (including phenoxy) is 1. The van der Waals surface area contributed by atoms with Gasteiger partial charge in [-0.05, 0) is 140 Å². The summed E-state index contributed by atoms with van der Waals surface area (Å²) in [5.41, 5.74) is 10.5. The SMILES string of the molecule is C[C@@H](CCC(O)C(O)C(O)COC1C(N=C(N)N)C(O)C(O)C1(O)CO)C1CC[C@@]2(C)C1CC[C@]1(C)C2CCC2[C@@]3(C)CCCC(C)(C)C3CC[C@]21C. The molecule has 18 atom stereocenters. The molecule has 13 unspecified atom stereocenters. The van der Waals surface area contributed by atoms with E-state index < -0.39 is 67.4 Å². The van der Waals surface area contributed by atoms with E-state index in [0.717, 1.165) is 24.2 Å². The molecular formula is C42H75N3O8. The molecule has 0 amide bonds. The summed E-state index contributed by atoms with van der Waals surface area (Å²) in [6.45, 7) is 16.6. The van der Waals surface area contributed by atoms with Crippen LogP contribution >= 0.6 is 0 Å². The predicted molar refractivity (Wildman–Crippen MR) is 204 cm³/mol. The number of nitrogens with two attached hydrogens (primary N) is 2. The Kier molecular flexibility index (Phi) is 11.3. The van der Waals surface area contributed by atoms with Crippen LogP contribution in [-0.2, 0) is 4.74 Å². The molecule has 0 bridgehead atoms. The molecule has 306 valence electrons. The monoisotopic (exact) mass is 750 g/mol. The molecule has 11 nitrogen and oxygen atoms in total. The molecule has 0 aromatic rings. The Morgan fingerprint density at radius 1 is 0.774 bits per heavy atom. The van der Waals surface area contributed by atoms with Gasteiger partial charge in [-0.1, -0.05) is 54.9 Å². The van der Waals surface area contributed by atoms with Crippen molar-refractivity contribution in [2.45, 2.75) is 180 Å². The zero-order chi connectivity index (χ0) is 39.1. The molecular weight excluding hydrogens is 674 g/mol. The van der Waals surface area contributed by atoms with Crippen LogP contribution in [0, 0.1) is 62.6 Å². The van der Waals surface area contributed by atoms with Crippen molar-refractivity contribution in [3.05, 3.63) is 0 Å². The summed E-state index contributed by atoms with van der Waals surface area (Å²) in [5, 5.41) is 74.3. The Balaban J connectivity index is 1.06. The van der Waals surface area contributed by atoms with Crippen LogP contribution in [0.15, 0.2) is 4.99 Å². The molecule has 0 aromatic heterocycles. The van der Waals surface area contributed by atoms with Gasteiger partial charge in [-0.3, -0.25) is 0 Å². The van der Waals surface area contributed by atoms with Gasteiger partial charge in [0.2, 0.25) is 0 Å². The highest BCUT2D eigenvalue weighted by atomic mass is 16.5. The Hall–Kier alpha value is -1.05. The summed E-state index contributed by atoms with van der Waals surface area (Å²) in [6.07, 6.45) is 6.43. The lowest BCUT2D eigenvalue weighted by molar-refractivity contribution is -0.241. The molecule has 0 aromatic carbocycles. The van der Waals surface area contributed by atoms with Gasteiger partial charge in [0.1, 0.15) is 42.2 Å². The second-order valence-corrected chi connectivity index (χ2v) is 20.9. The van der Waals surface area contributed by atoms with Crippen molar-refractivity contribution in [1.82, 2.24) is 0 Å². The predicted octanol–water partition coefficient (Wildman–Crippen LogP) is 3.46. The van der Waals surface area contributed by atoms with E-state index in [9.17, 15) is 35.7 Å². The molecule has 53 heavy (non-hydrogen) atoms. The number of fused-ring (bicyclic) bond motifs is 7. The van der Waals surface area contributed by atoms with Crippen molar-refractivity contribution in [2.24, 2.45) is 79.0 Å². The third-order valence-corrected chi connectivity index (χ3v) is 18.2. The molecule has 11 N–H and O–H groups in total. The first-order valence-electron chi connectivity index (χ1n) is 21.1. The Bertz CT molecular complexity index is 1350. The Morgan fingerprint density at radius 2 is 1.40 bits per heavy atom. The first kappa shape index (κ1) is 41.6. The summed E-state index contributed by atoms with van der Waals surface area (Å²) >= 11 is 0. The van der Waals surface area contributed by atoms with Gasteiger partial charge in [0.15, 0.2) is 5.96 Å². The number of hydrogen-bond donors (Lipinski definition) is 9. The molecule has 0 spiro atoms. The average molecular weight is 750 g/mol. The van der Waals surface area contributed by atoms with Crippen LogP contribution in [0.1, 0.15) is 132 Å². The van der Waals surface area contributed by atoms with Crippen LogP contribution < -0.4 is 11.5 Å². The minimum absolute atomic E-state index is 0.309. The van der Waals surface area contributed by atoms with Gasteiger partial charge < -0.3 is 51.9 Å². The molecule has 0 radical (unpaired) electrons. The van der Waals surface area contributed by atoms with Crippen molar-refractivity contribution in [2.75, 3.05) is 13.2 Å². The number of aliphatic imine (C=N–C) groups is 1. The van der Waals surface area contributed by atoms with Crippen LogP contribution in [0.2, 0.25) is 0 Å². The number of nitrogens with zero attached hydrogens (tertiary/aromatic N) is 1. The highest BCUT2D eigenvalue weighted by molar-refractivity contribution is 5.76. The molecule has 0 heterocycles. The molecule has 6 saturated carbocycles. The lowest BCUT2D eigenvalue weighted by Crippen LogP contribution is -2.65. The molecule has 6 fully saturated rings. The topological polar surface area (TPSA) is 215 Å². The van der Waals surface area contributed by atoms with Crippen molar-refractivity contribution in [3.63, 3.8) is 0 Å². The lowest BCUT2D eigenvalue weighted by Gasteiger charge is -2.73. The average Bonchev–Trinajstić information content (AvgIpc) is 3.52. The number of aliphatic hydroxyl groups excluding tert-OH is 6. The zero-order valence-electron chi connectivity index (χ0n) is 33.8. The molecule has 6 aliphatic carbocycles. The summed E-state index contributed by atoms with van der Waals surface area (Å²) in [4.78, 5) is 3.85. The number of rotatable bonds is 11. The van der Waals surface area contributed by atoms with Gasteiger partial charge in [-0.15, -0.1) is 0 Å². The van der Waals surface area contributed by atoms with Crippen molar-refractivity contribution < 1.29 is 40.5 Å². The number of guanidine groups is 1. The van der Waals surface area contributed by atoms with Crippen molar-refractivity contribution >= 4 is 5.96 Å². The summed E-state index contributed by atoms with van der Waals surface area (Å²) < 4.78 is 5.64. The Labute approximate surface area is 318 Å². The molecule has 0 saturated heterocycles. The molecule has 6 aliphatic rings. The minimum atomic E-state index is -2.31. The first-order chi connectivity index (χ1) is 24.6. The standard InChI is InChI=1S/C42H75N3O8/c1-23(9-10-26(47)32(49)27(48)21-53-35-31(45-36(43)44)33(50)34(51)42(35,52)22-46)24-13-18-38(4)25(24)14-19-40(6)29(38)11-12-30-39(5)17-8-16-37(2,3)28(39)15-20-41(30,40)7/h23-35,46-52H,8-22H2,1-7H3,(H4,43,44,45)/t23-,24?,25?,26?,27?,28?,29?,30?,31?,32?,33?,34?,35?,38-,39-,40+,41+,42?/m0/s1. The van der Waals surface area contributed by atoms with E-state index in [1.54, 1.807) is 0 Å². The maximum absolute atomic E-state index is 11.0. The van der Waals surface area contributed by atoms with E-state index in [-0.39, 0.29) is 0 Å². The Morgan fingerprint density at radius 3 is 2.02 bits per heavy atom. The van der Waals surface area contributed by atoms with E-state index >= 15 is 0 Å². The summed E-state index contributed by atoms with van der Waals surface area (Å²) in [6, 6.07) is -1.32. The van der Waals surface area contributed by atoms with E-state index in [2.05, 4.69) is 53.5 Å². The fourth-order valence-electron chi connectivity index (χ4n) is 15.3. The maximum atomic E-state index is 11.0. The summed E-state index contributed by atoms with van der Waals surface area (Å²) in [5.74, 6) is 3.50. The smallest absolute Gasteiger partial charge is 0.186 e. The number of hydrogen-bond acceptors (Lipinski definition) is 9. The number of aliphatic hydroxyl groups is 7. The van der Waals surface area contributed by atoms with Crippen LogP contribution in [0.5, 0.6) is 0 Å². The second-order valence-electron chi connectivity index (χ2n) is 20.9. The summed E-state index contributed by atoms with van der Waals surface area (Å²) in [7, 11) is 0. The van der Waals surface area contributed by atoms with Crippen LogP contribution in [0.4, 0.5) is 0 Å². The van der Waals surface area contributed by atoms with Gasteiger partial charge in [-0.25, -0.2) is 4.99 Å². The van der Waals surface area contributed by atoms with Crippen molar-refractivity contribution in [3.8, 4) is 0 Å². The molecule has 0 aliphatic heterocycles. The highest BCUT2D eigenvalue weighted by Crippen LogP contribution is 2.78. The fourth-order valence-corrected chi connectivity index (χ4v) is 15.3. The van der Waals surface area contributed by atoms with Crippen molar-refractivity contribution in [1.29, 1.82) is 0 Å². The highest BCUT2D eigenvalue weighted by Gasteiger charge is 2.70.